The average Bonchev–Trinajstić information content (AvgIpc) is 1.60. The van der Waals surface area contributed by atoms with Gasteiger partial charge in [0.05, 0.1) is 126 Å². The first-order valence-corrected chi connectivity index (χ1v) is 48.1. The Morgan fingerprint density at radius 1 is 0.315 bits per heavy atom. The van der Waals surface area contributed by atoms with E-state index in [-0.39, 0.29) is 86.2 Å². The summed E-state index contributed by atoms with van der Waals surface area (Å²) in [5.74, 6) is -8.67. The molecule has 0 aromatic heterocycles. The summed E-state index contributed by atoms with van der Waals surface area (Å²) in [5.41, 5.74) is 16.5. The first-order valence-electron chi connectivity index (χ1n) is 48.1. The molecule has 33 nitrogen and oxygen atoms in total. The molecule has 742 valence electrons. The van der Waals surface area contributed by atoms with Crippen molar-refractivity contribution in [1.29, 1.82) is 0 Å². The van der Waals surface area contributed by atoms with Crippen molar-refractivity contribution in [2.75, 3.05) is 46.6 Å². The Hall–Kier alpha value is -13.3. The second-order valence-electron chi connectivity index (χ2n) is 36.9. The molecule has 20 atom stereocenters. The van der Waals surface area contributed by atoms with E-state index in [0.29, 0.717) is 27.8 Å². The van der Waals surface area contributed by atoms with Gasteiger partial charge in [0.25, 0.3) is 35.4 Å². The summed E-state index contributed by atoms with van der Waals surface area (Å²) in [5, 5.41) is 4.42. The molecule has 0 spiro atoms. The number of amides is 6. The first kappa shape index (κ1) is 99.9. The number of hydrogen-bond acceptors (Lipinski definition) is 27. The summed E-state index contributed by atoms with van der Waals surface area (Å²) < 4.78 is 120. The molecule has 0 saturated carbocycles. The molecule has 5 saturated heterocycles. The summed E-state index contributed by atoms with van der Waals surface area (Å²) in [6.07, 6.45) is -25.0. The fraction of sp³-hybridized carbons (Fsp3) is 0.373. The zero-order chi connectivity index (χ0) is 99.0. The van der Waals surface area contributed by atoms with Crippen molar-refractivity contribution in [1.82, 2.24) is 14.7 Å². The number of imide groups is 3. The molecule has 10 aromatic carbocycles. The Morgan fingerprint density at radius 2 is 0.573 bits per heavy atom. The average molecular weight is 1950 g/mol. The standard InChI is InChI=1S/C110H112N7O26/c1-68(118)134-98-90(114-101(121)79-44-24-25-45-80(79)102(114)122)108(133-63-78-52-50-71(51-53-78)56-117(4)54-30-11-31-55-117)138-86(65-128-58-73-34-14-6-15-35-73)95(98)142-110-92(116-105(125)83-48-28-29-49-84(83)106(116)126)100(136-70(3)120)96(88(140-110)67-130-60-75-38-18-8-19-39-75)143-109-91(115-103(123)81-46-26-27-47-82(81)104(115)124)99(135-69(2)119)94(87(139-109)66-129-59-74-36-16-7-17-37-74)141-107-89(112-113-111)97(132-62-77-42-22-10-23-43-77)93(131-61-76-40-20-9-21-41-76)85(137-107)64-127-57-72-32-12-5-13-33-72/h5-10,12-29,32-53,85-100,107-110H,11,30-31,54-67H2,1-4H3/q+1/t85-,86-,87-,88-,89-,90-,91-,92-,93-,94-,95-,96-,97-,98-,99-,100-,107+,108-,109+,110+/m1/s1. The molecule has 0 N–H and O–H groups in total. The van der Waals surface area contributed by atoms with Gasteiger partial charge in [-0.1, -0.05) is 248 Å². The SMILES string of the molecule is CC(=O)O[C@H]1[C@H](O[C@@H]2O[C@H](COCc3ccccc3)[C@@H](OCc3ccccc3)[C@H](OCc3ccccc3)[C@H]2N=[N+]=[N-])[C@@H](COCc2ccccc2)O[C@@H](O[C@H]2[C@H](OC(C)=O)[C@@H](N3C(=O)c4ccccc4C3=O)[C@H](O[C@H]3[C@H](OC(C)=O)[C@@H](N4C(=O)c5ccccc5C4=O)[C@H](OCc4ccc(C[N+]5(C)CCCCC5)cc4)O[C@@H]3COCc3ccccc3)O[C@@H]2COCc2ccccc2)[C@@H]1N1C(=O)c2ccccc2C1=O. The second-order valence-corrected chi connectivity index (χ2v) is 36.9. The highest BCUT2D eigenvalue weighted by atomic mass is 16.8. The number of likely N-dealkylation sites (tertiary alicyclic amines) is 1. The number of rotatable bonds is 40. The molecule has 0 aliphatic carbocycles. The number of fused-ring (bicyclic) bond motifs is 3. The van der Waals surface area contributed by atoms with Crippen molar-refractivity contribution in [2.45, 2.75) is 215 Å². The Morgan fingerprint density at radius 3 is 0.895 bits per heavy atom. The van der Waals surface area contributed by atoms with Gasteiger partial charge in [-0.25, -0.2) is 0 Å². The van der Waals surface area contributed by atoms with Gasteiger partial charge < -0.3 is 85.0 Å². The van der Waals surface area contributed by atoms with Crippen molar-refractivity contribution in [3.8, 4) is 0 Å². The molecule has 5 fully saturated rings. The van der Waals surface area contributed by atoms with Crippen molar-refractivity contribution >= 4 is 53.4 Å². The van der Waals surface area contributed by atoms with Gasteiger partial charge in [0, 0.05) is 31.2 Å². The Kier molecular flexibility index (Phi) is 32.4. The van der Waals surface area contributed by atoms with E-state index in [1.54, 1.807) is 66.7 Å². The van der Waals surface area contributed by atoms with E-state index in [0.717, 1.165) is 89.1 Å². The van der Waals surface area contributed by atoms with Crippen LogP contribution in [0.15, 0.2) is 284 Å². The third-order valence-corrected chi connectivity index (χ3v) is 26.8. The molecular weight excluding hydrogens is 1840 g/mol. The van der Waals surface area contributed by atoms with E-state index in [1.807, 2.05) is 164 Å². The Labute approximate surface area is 826 Å². The van der Waals surface area contributed by atoms with Gasteiger partial charge in [0.2, 0.25) is 0 Å². The predicted octanol–water partition coefficient (Wildman–Crippen LogP) is 13.9. The van der Waals surface area contributed by atoms with E-state index in [2.05, 4.69) is 17.1 Å². The predicted molar refractivity (Wildman–Crippen MR) is 510 cm³/mol. The zero-order valence-electron chi connectivity index (χ0n) is 79.4. The van der Waals surface area contributed by atoms with Crippen LogP contribution in [-0.2, 0) is 148 Å². The van der Waals surface area contributed by atoms with E-state index in [1.165, 1.54) is 55.0 Å². The van der Waals surface area contributed by atoms with Gasteiger partial charge in [0.15, 0.2) is 43.5 Å². The molecule has 10 aromatic rings. The second kappa shape index (κ2) is 46.4. The number of nitrogens with zero attached hydrogens (tertiary/aromatic N) is 7. The minimum Gasteiger partial charge on any atom is -0.457 e. The summed E-state index contributed by atoms with van der Waals surface area (Å²) in [6.45, 7) is 3.59. The smallest absolute Gasteiger partial charge is 0.303 e. The van der Waals surface area contributed by atoms with Crippen LogP contribution >= 0.6 is 0 Å². The summed E-state index contributed by atoms with van der Waals surface area (Å²) in [7, 11) is 2.25. The summed E-state index contributed by atoms with van der Waals surface area (Å²) in [6, 6.07) is 73.2. The summed E-state index contributed by atoms with van der Waals surface area (Å²) in [4.78, 5) is 146. The van der Waals surface area contributed by atoms with Crippen LogP contribution in [0.3, 0.4) is 0 Å². The molecule has 33 heteroatoms. The van der Waals surface area contributed by atoms with Crippen molar-refractivity contribution < 1.29 is 128 Å². The monoisotopic (exact) mass is 1950 g/mol. The third kappa shape index (κ3) is 23.2. The lowest BCUT2D eigenvalue weighted by molar-refractivity contribution is -0.926. The minimum atomic E-state index is -2.22. The number of piperidine rings is 1. The highest BCUT2D eigenvalue weighted by molar-refractivity contribution is 6.23. The normalized spacial score (nSPS) is 26.6. The molecule has 8 aliphatic rings. The van der Waals surface area contributed by atoms with E-state index >= 15 is 33.6 Å². The van der Waals surface area contributed by atoms with Crippen LogP contribution in [0.4, 0.5) is 0 Å². The lowest BCUT2D eigenvalue weighted by Crippen LogP contribution is -2.73. The maximum absolute atomic E-state index is 16.2. The van der Waals surface area contributed by atoms with Crippen LogP contribution in [0.25, 0.3) is 10.4 Å². The minimum absolute atomic E-state index is 0.0106. The number of carbonyl (C=O) groups is 9. The summed E-state index contributed by atoms with van der Waals surface area (Å²) >= 11 is 0. The highest BCUT2D eigenvalue weighted by Crippen LogP contribution is 2.46. The first-order chi connectivity index (χ1) is 69.7. The third-order valence-electron chi connectivity index (χ3n) is 26.8. The highest BCUT2D eigenvalue weighted by Gasteiger charge is 2.65. The fourth-order valence-corrected chi connectivity index (χ4v) is 20.1. The Balaban J connectivity index is 0.780. The largest absolute Gasteiger partial charge is 0.457 e. The quantitative estimate of drug-likeness (QED) is 0.00654. The Bertz CT molecular complexity index is 6050. The number of ether oxygens (including phenoxy) is 17. The van der Waals surface area contributed by atoms with Crippen LogP contribution in [0.2, 0.25) is 0 Å². The fourth-order valence-electron chi connectivity index (χ4n) is 20.1. The number of hydrogen-bond donors (Lipinski definition) is 0. The molecule has 0 unspecified atom stereocenters. The van der Waals surface area contributed by atoms with Crippen molar-refractivity contribution in [2.24, 2.45) is 5.11 Å². The van der Waals surface area contributed by atoms with Gasteiger partial charge in [-0.2, -0.15) is 0 Å². The zero-order valence-corrected chi connectivity index (χ0v) is 79.4. The number of benzene rings is 10. The van der Waals surface area contributed by atoms with Crippen LogP contribution in [-0.4, -0.2) is 242 Å². The number of esters is 3. The molecule has 8 heterocycles. The molecule has 0 radical (unpaired) electrons. The van der Waals surface area contributed by atoms with Gasteiger partial charge in [0.1, 0.15) is 85.6 Å². The molecule has 8 aliphatic heterocycles. The number of azide groups is 1. The molecule has 18 rings (SSSR count). The van der Waals surface area contributed by atoms with Crippen molar-refractivity contribution in [3.63, 3.8) is 0 Å². The van der Waals surface area contributed by atoms with Gasteiger partial charge in [-0.3, -0.25) is 57.9 Å². The lowest BCUT2D eigenvalue weighted by atomic mass is 9.91. The maximum atomic E-state index is 16.2. The van der Waals surface area contributed by atoms with Gasteiger partial charge in [-0.05, 0) is 100 Å². The molecule has 6 amide bonds. The van der Waals surface area contributed by atoms with E-state index < -0.39 is 196 Å². The van der Waals surface area contributed by atoms with Crippen molar-refractivity contribution in [3.05, 3.63) is 367 Å². The van der Waals surface area contributed by atoms with Crippen LogP contribution in [0.1, 0.15) is 147 Å². The number of carbonyl (C=O) groups excluding carboxylic acids is 9. The van der Waals surface area contributed by atoms with Crippen LogP contribution < -0.4 is 0 Å². The lowest BCUT2D eigenvalue weighted by Gasteiger charge is -2.53. The van der Waals surface area contributed by atoms with Gasteiger partial charge in [-0.15, -0.1) is 0 Å². The maximum Gasteiger partial charge on any atom is 0.303 e. The molecule has 0 bridgehead atoms. The van der Waals surface area contributed by atoms with E-state index in [4.69, 9.17) is 80.5 Å². The van der Waals surface area contributed by atoms with E-state index in [9.17, 15) is 15.1 Å². The van der Waals surface area contributed by atoms with Crippen LogP contribution in [0.5, 0.6) is 0 Å². The molecular formula is C110H112N7O26+. The molecule has 143 heavy (non-hydrogen) atoms. The number of quaternary nitrogens is 1. The van der Waals surface area contributed by atoms with Crippen LogP contribution in [0, 0.1) is 0 Å². The van der Waals surface area contributed by atoms with Gasteiger partial charge >= 0.3 is 17.9 Å². The topological polar surface area (TPSA) is 369 Å².